The maximum absolute atomic E-state index is 13.7. The summed E-state index contributed by atoms with van der Waals surface area (Å²) in [4.78, 5) is 4.06. The average molecular weight is 423 g/mol. The Morgan fingerprint density at radius 2 is 1.77 bits per heavy atom. The zero-order valence-corrected chi connectivity index (χ0v) is 17.4. The van der Waals surface area contributed by atoms with Crippen LogP contribution in [0.2, 0.25) is 0 Å². The summed E-state index contributed by atoms with van der Waals surface area (Å²) < 4.78 is 28.9. The minimum atomic E-state index is -3.05. The first-order chi connectivity index (χ1) is 14.9. The van der Waals surface area contributed by atoms with Gasteiger partial charge in [0.15, 0.2) is 5.82 Å². The standard InChI is InChI=1S/C22H23F2N7/c1-3-6-19-25-21(22(2,23)24)28-31(19)14-16-11-9-15(10-12-16)13-17-7-4-5-8-18(17)20-26-29-30-27-20/h4-5,7-12H,3,6,13-14H2,1-2H3,(H,26,27,29,30). The summed E-state index contributed by atoms with van der Waals surface area (Å²) in [5.41, 5.74) is 4.16. The summed E-state index contributed by atoms with van der Waals surface area (Å²) in [7, 11) is 0. The Kier molecular flexibility index (Phi) is 5.83. The van der Waals surface area contributed by atoms with Crippen LogP contribution in [0.4, 0.5) is 8.78 Å². The quantitative estimate of drug-likeness (QED) is 0.460. The van der Waals surface area contributed by atoms with Gasteiger partial charge in [0, 0.05) is 18.9 Å². The molecular weight excluding hydrogens is 400 g/mol. The smallest absolute Gasteiger partial charge is 0.245 e. The van der Waals surface area contributed by atoms with Crippen LogP contribution in [-0.4, -0.2) is 35.4 Å². The third kappa shape index (κ3) is 4.82. The van der Waals surface area contributed by atoms with Gasteiger partial charge in [-0.25, -0.2) is 14.8 Å². The maximum atomic E-state index is 13.7. The molecule has 1 N–H and O–H groups in total. The van der Waals surface area contributed by atoms with Crippen LogP contribution in [0.25, 0.3) is 11.4 Å². The Morgan fingerprint density at radius 3 is 2.45 bits per heavy atom. The van der Waals surface area contributed by atoms with Gasteiger partial charge in [-0.3, -0.25) is 0 Å². The Balaban J connectivity index is 1.52. The monoisotopic (exact) mass is 423 g/mol. The van der Waals surface area contributed by atoms with E-state index in [2.05, 4.69) is 30.7 Å². The van der Waals surface area contributed by atoms with Crippen LogP contribution in [0.5, 0.6) is 0 Å². The fraction of sp³-hybridized carbons (Fsp3) is 0.318. The number of hydrogen-bond acceptors (Lipinski definition) is 5. The average Bonchev–Trinajstić information content (AvgIpc) is 3.41. The van der Waals surface area contributed by atoms with Gasteiger partial charge in [-0.2, -0.15) is 8.78 Å². The zero-order chi connectivity index (χ0) is 21.8. The van der Waals surface area contributed by atoms with E-state index in [4.69, 9.17) is 0 Å². The second-order valence-electron chi connectivity index (χ2n) is 7.55. The Hall–Kier alpha value is -3.49. The van der Waals surface area contributed by atoms with Crippen molar-refractivity contribution in [2.45, 2.75) is 45.6 Å². The van der Waals surface area contributed by atoms with E-state index >= 15 is 0 Å². The van der Waals surface area contributed by atoms with E-state index in [9.17, 15) is 8.78 Å². The Labute approximate surface area is 178 Å². The number of hydrogen-bond donors (Lipinski definition) is 1. The van der Waals surface area contributed by atoms with Gasteiger partial charge in [0.1, 0.15) is 5.82 Å². The van der Waals surface area contributed by atoms with Gasteiger partial charge in [0.25, 0.3) is 0 Å². The van der Waals surface area contributed by atoms with Crippen molar-refractivity contribution in [2.75, 3.05) is 0 Å². The van der Waals surface area contributed by atoms with E-state index in [1.807, 2.05) is 55.5 Å². The number of halogens is 2. The van der Waals surface area contributed by atoms with Crippen LogP contribution in [0.15, 0.2) is 48.5 Å². The van der Waals surface area contributed by atoms with E-state index in [0.717, 1.165) is 35.6 Å². The number of tetrazole rings is 1. The van der Waals surface area contributed by atoms with Gasteiger partial charge >= 0.3 is 5.92 Å². The van der Waals surface area contributed by atoms with Gasteiger partial charge in [-0.1, -0.05) is 55.5 Å². The SMILES string of the molecule is CCCc1nc(C(C)(F)F)nn1Cc1ccc(Cc2ccccc2-c2nnn[nH]2)cc1. The summed E-state index contributed by atoms with van der Waals surface area (Å²) in [6, 6.07) is 16.0. The molecule has 0 aliphatic carbocycles. The molecule has 0 aliphatic heterocycles. The summed E-state index contributed by atoms with van der Waals surface area (Å²) in [6.07, 6.45) is 2.13. The van der Waals surface area contributed by atoms with Gasteiger partial charge in [-0.15, -0.1) is 10.2 Å². The Bertz CT molecular complexity index is 1130. The lowest BCUT2D eigenvalue weighted by Gasteiger charge is -2.09. The molecule has 2 aromatic carbocycles. The van der Waals surface area contributed by atoms with Crippen molar-refractivity contribution in [3.63, 3.8) is 0 Å². The summed E-state index contributed by atoms with van der Waals surface area (Å²) >= 11 is 0. The Morgan fingerprint density at radius 1 is 1.03 bits per heavy atom. The van der Waals surface area contributed by atoms with E-state index in [1.54, 1.807) is 4.68 Å². The van der Waals surface area contributed by atoms with Crippen molar-refractivity contribution in [3.05, 3.63) is 76.9 Å². The van der Waals surface area contributed by atoms with Gasteiger partial charge in [0.2, 0.25) is 5.82 Å². The number of alkyl halides is 2. The largest absolute Gasteiger partial charge is 0.305 e. The molecule has 0 unspecified atom stereocenters. The number of aryl methyl sites for hydroxylation is 1. The topological polar surface area (TPSA) is 85.2 Å². The molecule has 2 aromatic heterocycles. The molecule has 2 heterocycles. The van der Waals surface area contributed by atoms with Crippen LogP contribution < -0.4 is 0 Å². The molecule has 160 valence electrons. The van der Waals surface area contributed by atoms with E-state index in [-0.39, 0.29) is 0 Å². The summed E-state index contributed by atoms with van der Waals surface area (Å²) in [5.74, 6) is -2.27. The first-order valence-electron chi connectivity index (χ1n) is 10.2. The highest BCUT2D eigenvalue weighted by atomic mass is 19.3. The lowest BCUT2D eigenvalue weighted by atomic mass is 9.98. The predicted octanol–water partition coefficient (Wildman–Crippen LogP) is 4.16. The predicted molar refractivity (Wildman–Crippen MR) is 112 cm³/mol. The number of aromatic amines is 1. The second kappa shape index (κ2) is 8.71. The number of H-pyrrole nitrogens is 1. The van der Waals surface area contributed by atoms with Crippen LogP contribution in [0.1, 0.15) is 48.6 Å². The lowest BCUT2D eigenvalue weighted by Crippen LogP contribution is -2.11. The van der Waals surface area contributed by atoms with Crippen LogP contribution in [0.3, 0.4) is 0 Å². The highest BCUT2D eigenvalue weighted by Crippen LogP contribution is 2.25. The molecule has 31 heavy (non-hydrogen) atoms. The molecule has 0 saturated heterocycles. The fourth-order valence-corrected chi connectivity index (χ4v) is 3.43. The minimum absolute atomic E-state index is 0.402. The summed E-state index contributed by atoms with van der Waals surface area (Å²) in [6.45, 7) is 3.22. The molecule has 0 radical (unpaired) electrons. The van der Waals surface area contributed by atoms with Crippen LogP contribution >= 0.6 is 0 Å². The number of aromatic nitrogens is 7. The van der Waals surface area contributed by atoms with Crippen molar-refractivity contribution < 1.29 is 8.78 Å². The van der Waals surface area contributed by atoms with E-state index in [0.29, 0.717) is 31.0 Å². The first kappa shape index (κ1) is 20.8. The first-order valence-corrected chi connectivity index (χ1v) is 10.2. The number of nitrogens with zero attached hydrogens (tertiary/aromatic N) is 6. The van der Waals surface area contributed by atoms with Crippen molar-refractivity contribution in [3.8, 4) is 11.4 Å². The van der Waals surface area contributed by atoms with Crippen molar-refractivity contribution in [1.29, 1.82) is 0 Å². The number of rotatable bonds is 8. The molecule has 0 amide bonds. The normalized spacial score (nSPS) is 11.7. The van der Waals surface area contributed by atoms with Crippen LogP contribution in [0, 0.1) is 0 Å². The highest BCUT2D eigenvalue weighted by molar-refractivity contribution is 5.60. The van der Waals surface area contributed by atoms with Gasteiger partial charge in [0.05, 0.1) is 6.54 Å². The molecule has 0 aliphatic rings. The fourth-order valence-electron chi connectivity index (χ4n) is 3.43. The maximum Gasteiger partial charge on any atom is 0.305 e. The molecule has 7 nitrogen and oxygen atoms in total. The highest BCUT2D eigenvalue weighted by Gasteiger charge is 2.31. The van der Waals surface area contributed by atoms with Gasteiger partial charge < -0.3 is 0 Å². The summed E-state index contributed by atoms with van der Waals surface area (Å²) in [5, 5.41) is 18.2. The second-order valence-corrected chi connectivity index (χ2v) is 7.55. The van der Waals surface area contributed by atoms with Gasteiger partial charge in [-0.05, 0) is 40.0 Å². The molecule has 0 saturated carbocycles. The van der Waals surface area contributed by atoms with E-state index in [1.165, 1.54) is 0 Å². The molecule has 4 rings (SSSR count). The third-order valence-corrected chi connectivity index (χ3v) is 4.98. The molecular formula is C22H23F2N7. The van der Waals surface area contributed by atoms with Crippen molar-refractivity contribution in [1.82, 2.24) is 35.4 Å². The lowest BCUT2D eigenvalue weighted by molar-refractivity contribution is 0.00756. The third-order valence-electron chi connectivity index (χ3n) is 4.98. The molecule has 9 heteroatoms. The zero-order valence-electron chi connectivity index (χ0n) is 17.4. The minimum Gasteiger partial charge on any atom is -0.245 e. The number of benzene rings is 2. The molecule has 0 bridgehead atoms. The molecule has 0 fully saturated rings. The number of nitrogens with one attached hydrogen (secondary N) is 1. The molecule has 0 atom stereocenters. The molecule has 0 spiro atoms. The van der Waals surface area contributed by atoms with Crippen molar-refractivity contribution in [2.24, 2.45) is 0 Å². The molecule has 4 aromatic rings. The van der Waals surface area contributed by atoms with Crippen LogP contribution in [-0.2, 0) is 25.3 Å². The van der Waals surface area contributed by atoms with E-state index < -0.39 is 11.7 Å². The van der Waals surface area contributed by atoms with Crippen molar-refractivity contribution >= 4 is 0 Å².